The Labute approximate surface area is 83.8 Å². The highest BCUT2D eigenvalue weighted by Gasteiger charge is 2.12. The molecule has 0 aromatic carbocycles. The van der Waals surface area contributed by atoms with Crippen molar-refractivity contribution >= 4 is 5.69 Å². The lowest BCUT2D eigenvalue weighted by molar-refractivity contribution is 0.741. The molecule has 0 radical (unpaired) electrons. The van der Waals surface area contributed by atoms with Gasteiger partial charge in [-0.05, 0) is 26.0 Å². The van der Waals surface area contributed by atoms with Gasteiger partial charge in [0.2, 0.25) is 0 Å². The average Bonchev–Trinajstić information content (AvgIpc) is 2.19. The second-order valence-corrected chi connectivity index (χ2v) is 3.44. The number of rotatable bonds is 2. The minimum Gasteiger partial charge on any atom is -0.368 e. The third-order valence-electron chi connectivity index (χ3n) is 1.70. The van der Waals surface area contributed by atoms with E-state index in [0.717, 1.165) is 5.69 Å². The maximum Gasteiger partial charge on any atom is 0.140 e. The lowest BCUT2D eigenvalue weighted by Gasteiger charge is -2.20. The predicted molar refractivity (Wildman–Crippen MR) is 55.5 cm³/mol. The van der Waals surface area contributed by atoms with Crippen molar-refractivity contribution in [3.8, 4) is 18.4 Å². The van der Waals surface area contributed by atoms with Crippen molar-refractivity contribution < 1.29 is 0 Å². The molecule has 1 rings (SSSR count). The van der Waals surface area contributed by atoms with Crippen LogP contribution in [0.1, 0.15) is 19.5 Å². The Morgan fingerprint density at radius 2 is 2.21 bits per heavy atom. The van der Waals surface area contributed by atoms with Gasteiger partial charge >= 0.3 is 0 Å². The monoisotopic (exact) mass is 185 g/mol. The van der Waals surface area contributed by atoms with E-state index in [4.69, 9.17) is 11.7 Å². The first kappa shape index (κ1) is 10.1. The van der Waals surface area contributed by atoms with E-state index in [-0.39, 0.29) is 0 Å². The van der Waals surface area contributed by atoms with Crippen LogP contribution >= 0.6 is 0 Å². The molecule has 0 aliphatic heterocycles. The summed E-state index contributed by atoms with van der Waals surface area (Å²) in [4.78, 5) is 3.92. The first-order chi connectivity index (χ1) is 6.57. The number of nitrogens with one attached hydrogen (secondary N) is 1. The molecule has 14 heavy (non-hydrogen) atoms. The summed E-state index contributed by atoms with van der Waals surface area (Å²) in [6.07, 6.45) is 6.92. The van der Waals surface area contributed by atoms with E-state index in [2.05, 4.69) is 16.2 Å². The lowest BCUT2D eigenvalue weighted by Crippen LogP contribution is -2.28. The molecule has 1 heterocycles. The highest BCUT2D eigenvalue weighted by Crippen LogP contribution is 2.12. The fourth-order valence-electron chi connectivity index (χ4n) is 0.931. The fraction of sp³-hybridized carbons (Fsp3) is 0.273. The number of nitriles is 1. The number of nitrogens with zero attached hydrogens (tertiary/aromatic N) is 2. The van der Waals surface area contributed by atoms with Crippen molar-refractivity contribution in [3.63, 3.8) is 0 Å². The topological polar surface area (TPSA) is 48.7 Å². The zero-order valence-corrected chi connectivity index (χ0v) is 8.20. The molecule has 0 atom stereocenters. The molecule has 0 saturated carbocycles. The number of hydrogen-bond acceptors (Lipinski definition) is 3. The van der Waals surface area contributed by atoms with E-state index in [1.807, 2.05) is 19.9 Å². The van der Waals surface area contributed by atoms with Crippen molar-refractivity contribution in [2.45, 2.75) is 19.4 Å². The molecule has 0 aliphatic rings. The Morgan fingerprint density at radius 1 is 1.50 bits per heavy atom. The van der Waals surface area contributed by atoms with Crippen LogP contribution in [0.4, 0.5) is 5.69 Å². The Bertz CT molecular complexity index is 390. The summed E-state index contributed by atoms with van der Waals surface area (Å²) in [6.45, 7) is 3.79. The van der Waals surface area contributed by atoms with Crippen LogP contribution in [0, 0.1) is 23.7 Å². The van der Waals surface area contributed by atoms with Gasteiger partial charge in [0.1, 0.15) is 11.8 Å². The zero-order chi connectivity index (χ0) is 10.6. The molecule has 0 fully saturated rings. The van der Waals surface area contributed by atoms with E-state index in [1.54, 1.807) is 18.3 Å². The van der Waals surface area contributed by atoms with Crippen LogP contribution in [0.5, 0.6) is 0 Å². The molecule has 0 saturated heterocycles. The summed E-state index contributed by atoms with van der Waals surface area (Å²) in [7, 11) is 0. The summed E-state index contributed by atoms with van der Waals surface area (Å²) in [5, 5.41) is 11.7. The maximum absolute atomic E-state index is 8.54. The van der Waals surface area contributed by atoms with Gasteiger partial charge in [0.05, 0.1) is 17.4 Å². The Morgan fingerprint density at radius 3 is 2.64 bits per heavy atom. The van der Waals surface area contributed by atoms with Gasteiger partial charge in [0.15, 0.2) is 0 Å². The van der Waals surface area contributed by atoms with E-state index in [9.17, 15) is 0 Å². The van der Waals surface area contributed by atoms with Crippen molar-refractivity contribution in [3.05, 3.63) is 24.0 Å². The van der Waals surface area contributed by atoms with Gasteiger partial charge in [0.25, 0.3) is 0 Å². The van der Waals surface area contributed by atoms with Gasteiger partial charge in [-0.2, -0.15) is 5.26 Å². The summed E-state index contributed by atoms with van der Waals surface area (Å²) in [5.41, 5.74) is 0.802. The van der Waals surface area contributed by atoms with Crippen LogP contribution in [-0.4, -0.2) is 10.5 Å². The van der Waals surface area contributed by atoms with Gasteiger partial charge in [-0.3, -0.25) is 0 Å². The van der Waals surface area contributed by atoms with E-state index < -0.39 is 5.54 Å². The molecule has 1 aromatic heterocycles. The van der Waals surface area contributed by atoms with Crippen molar-refractivity contribution in [2.75, 3.05) is 5.32 Å². The summed E-state index contributed by atoms with van der Waals surface area (Å²) in [6, 6.07) is 5.38. The largest absolute Gasteiger partial charge is 0.368 e. The Kier molecular flexibility index (Phi) is 2.74. The quantitative estimate of drug-likeness (QED) is 0.714. The van der Waals surface area contributed by atoms with Crippen LogP contribution in [-0.2, 0) is 0 Å². The maximum atomic E-state index is 8.54. The molecule has 0 amide bonds. The molecule has 1 aromatic rings. The first-order valence-corrected chi connectivity index (χ1v) is 4.19. The Balaban J connectivity index is 2.81. The molecular weight excluding hydrogens is 174 g/mol. The number of terminal acetylenes is 1. The van der Waals surface area contributed by atoms with E-state index >= 15 is 0 Å². The standard InChI is InChI=1S/C11H11N3/c1-4-11(2,3)14-10-6-5-9(7-12)13-8-10/h1,5-6,8,14H,2-3H3. The van der Waals surface area contributed by atoms with E-state index in [1.165, 1.54) is 0 Å². The average molecular weight is 185 g/mol. The Hall–Kier alpha value is -2.00. The zero-order valence-electron chi connectivity index (χ0n) is 8.20. The number of hydrogen-bond donors (Lipinski definition) is 1. The third-order valence-corrected chi connectivity index (χ3v) is 1.70. The van der Waals surface area contributed by atoms with Crippen LogP contribution in [0.25, 0.3) is 0 Å². The highest BCUT2D eigenvalue weighted by molar-refractivity contribution is 5.46. The molecule has 3 heteroatoms. The summed E-state index contributed by atoms with van der Waals surface area (Å²) >= 11 is 0. The van der Waals surface area contributed by atoms with E-state index in [0.29, 0.717) is 5.69 Å². The number of pyridine rings is 1. The van der Waals surface area contributed by atoms with Crippen LogP contribution in [0.15, 0.2) is 18.3 Å². The first-order valence-electron chi connectivity index (χ1n) is 4.19. The molecular formula is C11H11N3. The van der Waals surface area contributed by atoms with Gasteiger partial charge < -0.3 is 5.32 Å². The fourth-order valence-corrected chi connectivity index (χ4v) is 0.931. The molecule has 0 spiro atoms. The van der Waals surface area contributed by atoms with Crippen molar-refractivity contribution in [1.82, 2.24) is 4.98 Å². The molecule has 70 valence electrons. The van der Waals surface area contributed by atoms with Gasteiger partial charge in [-0.15, -0.1) is 6.42 Å². The van der Waals surface area contributed by atoms with Crippen LogP contribution < -0.4 is 5.32 Å². The number of aromatic nitrogens is 1. The van der Waals surface area contributed by atoms with Crippen molar-refractivity contribution in [2.24, 2.45) is 0 Å². The van der Waals surface area contributed by atoms with Crippen molar-refractivity contribution in [1.29, 1.82) is 5.26 Å². The van der Waals surface area contributed by atoms with Crippen LogP contribution in [0.2, 0.25) is 0 Å². The molecule has 0 bridgehead atoms. The van der Waals surface area contributed by atoms with Gasteiger partial charge in [0, 0.05) is 0 Å². The minimum absolute atomic E-state index is 0.397. The predicted octanol–water partition coefficient (Wildman–Crippen LogP) is 1.78. The summed E-state index contributed by atoms with van der Waals surface area (Å²) < 4.78 is 0. The highest BCUT2D eigenvalue weighted by atomic mass is 15.0. The van der Waals surface area contributed by atoms with Gasteiger partial charge in [-0.1, -0.05) is 5.92 Å². The summed E-state index contributed by atoms with van der Waals surface area (Å²) in [5.74, 6) is 2.61. The molecule has 0 aliphatic carbocycles. The normalized spacial score (nSPS) is 10.0. The molecule has 0 unspecified atom stereocenters. The smallest absolute Gasteiger partial charge is 0.140 e. The second-order valence-electron chi connectivity index (χ2n) is 3.44. The second kappa shape index (κ2) is 3.81. The minimum atomic E-state index is -0.407. The number of anilines is 1. The van der Waals surface area contributed by atoms with Gasteiger partial charge in [-0.25, -0.2) is 4.98 Å². The lowest BCUT2D eigenvalue weighted by atomic mass is 10.1. The molecule has 1 N–H and O–H groups in total. The molecule has 3 nitrogen and oxygen atoms in total. The van der Waals surface area contributed by atoms with Crippen LogP contribution in [0.3, 0.4) is 0 Å². The third kappa shape index (κ3) is 2.50. The SMILES string of the molecule is C#CC(C)(C)Nc1ccc(C#N)nc1.